The van der Waals surface area contributed by atoms with Crippen LogP contribution in [-0.4, -0.2) is 15.7 Å². The third-order valence-corrected chi connectivity index (χ3v) is 3.83. The van der Waals surface area contributed by atoms with Crippen molar-refractivity contribution in [1.29, 1.82) is 0 Å². The summed E-state index contributed by atoms with van der Waals surface area (Å²) < 4.78 is 39.4. The zero-order valence-corrected chi connectivity index (χ0v) is 13.9. The van der Waals surface area contributed by atoms with E-state index in [1.54, 1.807) is 10.9 Å². The maximum absolute atomic E-state index is 12.6. The summed E-state index contributed by atoms with van der Waals surface area (Å²) in [5.41, 5.74) is 2.06. The molecule has 7 heteroatoms. The SMILES string of the molecule is Cc1ccc(Cn2cc(NC(=O)c3ccc(C(F)(F)F)cc3)cn2)cc1. The minimum absolute atomic E-state index is 0.143. The van der Waals surface area contributed by atoms with Gasteiger partial charge in [-0.3, -0.25) is 9.48 Å². The van der Waals surface area contributed by atoms with Crippen molar-refractivity contribution < 1.29 is 18.0 Å². The van der Waals surface area contributed by atoms with Crippen molar-refractivity contribution in [2.24, 2.45) is 0 Å². The van der Waals surface area contributed by atoms with Gasteiger partial charge in [0.05, 0.1) is 24.0 Å². The molecule has 3 aromatic rings. The van der Waals surface area contributed by atoms with Crippen LogP contribution in [0.5, 0.6) is 0 Å². The highest BCUT2D eigenvalue weighted by Crippen LogP contribution is 2.29. The van der Waals surface area contributed by atoms with Gasteiger partial charge in [0.2, 0.25) is 0 Å². The molecule has 0 saturated heterocycles. The maximum Gasteiger partial charge on any atom is 0.416 e. The van der Waals surface area contributed by atoms with Gasteiger partial charge in [0.1, 0.15) is 0 Å². The fourth-order valence-corrected chi connectivity index (χ4v) is 2.41. The number of amides is 1. The second-order valence-corrected chi connectivity index (χ2v) is 5.94. The summed E-state index contributed by atoms with van der Waals surface area (Å²) >= 11 is 0. The highest BCUT2D eigenvalue weighted by Gasteiger charge is 2.30. The van der Waals surface area contributed by atoms with Gasteiger partial charge >= 0.3 is 6.18 Å². The van der Waals surface area contributed by atoms with E-state index in [0.717, 1.165) is 29.8 Å². The first-order valence-electron chi connectivity index (χ1n) is 7.88. The summed E-state index contributed by atoms with van der Waals surface area (Å²) in [6.45, 7) is 2.56. The molecule has 0 fully saturated rings. The Balaban J connectivity index is 1.65. The van der Waals surface area contributed by atoms with E-state index in [0.29, 0.717) is 12.2 Å². The van der Waals surface area contributed by atoms with Crippen molar-refractivity contribution >= 4 is 11.6 Å². The van der Waals surface area contributed by atoms with Gasteiger partial charge in [0.25, 0.3) is 5.91 Å². The molecule has 2 aromatic carbocycles. The van der Waals surface area contributed by atoms with Crippen LogP contribution in [0.15, 0.2) is 60.9 Å². The van der Waals surface area contributed by atoms with Crippen molar-refractivity contribution in [2.45, 2.75) is 19.6 Å². The fourth-order valence-electron chi connectivity index (χ4n) is 2.41. The normalized spacial score (nSPS) is 11.4. The summed E-state index contributed by atoms with van der Waals surface area (Å²) in [6.07, 6.45) is -1.26. The topological polar surface area (TPSA) is 46.9 Å². The Labute approximate surface area is 148 Å². The molecule has 0 aliphatic carbocycles. The standard InChI is InChI=1S/C19H16F3N3O/c1-13-2-4-14(5-3-13)11-25-12-17(10-23-25)24-18(26)15-6-8-16(9-7-15)19(20,21)22/h2-10,12H,11H2,1H3,(H,24,26). The molecule has 0 saturated carbocycles. The third kappa shape index (κ3) is 4.30. The quantitative estimate of drug-likeness (QED) is 0.745. The lowest BCUT2D eigenvalue weighted by atomic mass is 10.1. The van der Waals surface area contributed by atoms with Crippen LogP contribution in [0.25, 0.3) is 0 Å². The molecule has 0 bridgehead atoms. The summed E-state index contributed by atoms with van der Waals surface area (Å²) in [6, 6.07) is 12.1. The van der Waals surface area contributed by atoms with E-state index in [-0.39, 0.29) is 5.56 Å². The summed E-state index contributed by atoms with van der Waals surface area (Å²) in [5.74, 6) is -0.492. The second-order valence-electron chi connectivity index (χ2n) is 5.94. The molecule has 0 atom stereocenters. The predicted molar refractivity (Wildman–Crippen MR) is 91.9 cm³/mol. The zero-order valence-electron chi connectivity index (χ0n) is 13.9. The highest BCUT2D eigenvalue weighted by atomic mass is 19.4. The number of hydrogen-bond acceptors (Lipinski definition) is 2. The molecule has 134 valence electrons. The largest absolute Gasteiger partial charge is 0.416 e. The van der Waals surface area contributed by atoms with Crippen LogP contribution in [0.1, 0.15) is 27.0 Å². The Morgan fingerprint density at radius 1 is 1.08 bits per heavy atom. The molecule has 4 nitrogen and oxygen atoms in total. The number of nitrogens with one attached hydrogen (secondary N) is 1. The first-order valence-corrected chi connectivity index (χ1v) is 7.88. The lowest BCUT2D eigenvalue weighted by Crippen LogP contribution is -2.12. The molecule has 1 aromatic heterocycles. The molecule has 26 heavy (non-hydrogen) atoms. The molecule has 0 spiro atoms. The number of aryl methyl sites for hydroxylation is 1. The molecular formula is C19H16F3N3O. The van der Waals surface area contributed by atoms with E-state index < -0.39 is 17.6 Å². The zero-order chi connectivity index (χ0) is 18.7. The molecule has 0 unspecified atom stereocenters. The molecule has 0 radical (unpaired) electrons. The van der Waals surface area contributed by atoms with Crippen LogP contribution in [0.3, 0.4) is 0 Å². The van der Waals surface area contributed by atoms with Gasteiger partial charge in [-0.2, -0.15) is 18.3 Å². The maximum atomic E-state index is 12.6. The Kier molecular flexibility index (Phi) is 4.79. The monoisotopic (exact) mass is 359 g/mol. The van der Waals surface area contributed by atoms with Gasteiger partial charge < -0.3 is 5.32 Å². The first kappa shape index (κ1) is 17.7. The van der Waals surface area contributed by atoms with Crippen LogP contribution < -0.4 is 5.32 Å². The number of halogens is 3. The number of hydrogen-bond donors (Lipinski definition) is 1. The van der Waals surface area contributed by atoms with E-state index in [2.05, 4.69) is 10.4 Å². The average molecular weight is 359 g/mol. The molecule has 1 heterocycles. The van der Waals surface area contributed by atoms with Crippen molar-refractivity contribution in [1.82, 2.24) is 9.78 Å². The van der Waals surface area contributed by atoms with Crippen LogP contribution >= 0.6 is 0 Å². The van der Waals surface area contributed by atoms with Crippen molar-refractivity contribution in [3.63, 3.8) is 0 Å². The van der Waals surface area contributed by atoms with Gasteiger partial charge in [-0.25, -0.2) is 0 Å². The van der Waals surface area contributed by atoms with Crippen LogP contribution in [0, 0.1) is 6.92 Å². The van der Waals surface area contributed by atoms with E-state index in [1.165, 1.54) is 11.8 Å². The van der Waals surface area contributed by atoms with Gasteiger partial charge in [-0.15, -0.1) is 0 Å². The van der Waals surface area contributed by atoms with Gasteiger partial charge in [0, 0.05) is 11.8 Å². The van der Waals surface area contributed by atoms with Gasteiger partial charge in [-0.05, 0) is 36.8 Å². The predicted octanol–water partition coefficient (Wildman–Crippen LogP) is 4.51. The summed E-state index contributed by atoms with van der Waals surface area (Å²) in [5, 5.41) is 6.81. The van der Waals surface area contributed by atoms with Crippen LogP contribution in [0.4, 0.5) is 18.9 Å². The molecule has 1 amide bonds. The Hall–Kier alpha value is -3.09. The second kappa shape index (κ2) is 7.03. The van der Waals surface area contributed by atoms with Crippen LogP contribution in [-0.2, 0) is 12.7 Å². The Morgan fingerprint density at radius 3 is 2.35 bits per heavy atom. The van der Waals surface area contributed by atoms with E-state index in [9.17, 15) is 18.0 Å². The molecule has 0 aliphatic rings. The van der Waals surface area contributed by atoms with Crippen molar-refractivity contribution in [3.05, 3.63) is 83.2 Å². The number of rotatable bonds is 4. The van der Waals surface area contributed by atoms with E-state index in [4.69, 9.17) is 0 Å². The number of anilines is 1. The smallest absolute Gasteiger partial charge is 0.319 e. The van der Waals surface area contributed by atoms with Gasteiger partial charge in [0.15, 0.2) is 0 Å². The third-order valence-electron chi connectivity index (χ3n) is 3.83. The van der Waals surface area contributed by atoms with Crippen molar-refractivity contribution in [2.75, 3.05) is 5.32 Å². The van der Waals surface area contributed by atoms with Crippen molar-refractivity contribution in [3.8, 4) is 0 Å². The highest BCUT2D eigenvalue weighted by molar-refractivity contribution is 6.04. The van der Waals surface area contributed by atoms with Crippen LogP contribution in [0.2, 0.25) is 0 Å². The summed E-state index contributed by atoms with van der Waals surface area (Å²) in [4.78, 5) is 12.2. The van der Waals surface area contributed by atoms with E-state index >= 15 is 0 Å². The Bertz CT molecular complexity index is 897. The van der Waals surface area contributed by atoms with Gasteiger partial charge in [-0.1, -0.05) is 29.8 Å². The number of nitrogens with zero attached hydrogens (tertiary/aromatic N) is 2. The fraction of sp³-hybridized carbons (Fsp3) is 0.158. The minimum atomic E-state index is -4.42. The first-order chi connectivity index (χ1) is 12.3. The number of carbonyl (C=O) groups excluding carboxylic acids is 1. The number of aromatic nitrogens is 2. The molecule has 0 aliphatic heterocycles. The molecular weight excluding hydrogens is 343 g/mol. The Morgan fingerprint density at radius 2 is 1.73 bits per heavy atom. The molecule has 1 N–H and O–H groups in total. The summed E-state index contributed by atoms with van der Waals surface area (Å²) in [7, 11) is 0. The van der Waals surface area contributed by atoms with E-state index in [1.807, 2.05) is 31.2 Å². The average Bonchev–Trinajstić information content (AvgIpc) is 3.03. The molecule has 3 rings (SSSR count). The minimum Gasteiger partial charge on any atom is -0.319 e. The lowest BCUT2D eigenvalue weighted by molar-refractivity contribution is -0.137. The number of alkyl halides is 3. The number of carbonyl (C=O) groups is 1. The number of benzene rings is 2. The lowest BCUT2D eigenvalue weighted by Gasteiger charge is -2.07.